The van der Waals surface area contributed by atoms with E-state index in [1.165, 1.54) is 0 Å². The lowest BCUT2D eigenvalue weighted by atomic mass is 10.1. The molecule has 1 fully saturated rings. The lowest BCUT2D eigenvalue weighted by Gasteiger charge is -2.20. The first kappa shape index (κ1) is 13.0. The second-order valence-electron chi connectivity index (χ2n) is 4.40. The highest BCUT2D eigenvalue weighted by molar-refractivity contribution is 5.78. The largest absolute Gasteiger partial charge is 0.341 e. The van der Waals surface area contributed by atoms with Gasteiger partial charge in [-0.25, -0.2) is 8.78 Å². The smallest absolute Gasteiger partial charge is 0.227 e. The van der Waals surface area contributed by atoms with Gasteiger partial charge in [-0.05, 0) is 31.2 Å². The maximum absolute atomic E-state index is 13.4. The summed E-state index contributed by atoms with van der Waals surface area (Å²) in [5, 5.41) is 3.19. The van der Waals surface area contributed by atoms with Crippen LogP contribution in [0.1, 0.15) is 12.0 Å². The third-order valence-electron chi connectivity index (χ3n) is 3.04. The van der Waals surface area contributed by atoms with E-state index in [-0.39, 0.29) is 17.9 Å². The molecule has 0 saturated carbocycles. The fourth-order valence-corrected chi connectivity index (χ4v) is 2.05. The van der Waals surface area contributed by atoms with Gasteiger partial charge in [-0.1, -0.05) is 0 Å². The second kappa shape index (κ2) is 5.91. The zero-order chi connectivity index (χ0) is 13.0. The van der Waals surface area contributed by atoms with Crippen molar-refractivity contribution >= 4 is 5.91 Å². The van der Waals surface area contributed by atoms with Crippen LogP contribution in [0.25, 0.3) is 0 Å². The van der Waals surface area contributed by atoms with E-state index in [0.29, 0.717) is 13.1 Å². The van der Waals surface area contributed by atoms with Crippen LogP contribution >= 0.6 is 0 Å². The van der Waals surface area contributed by atoms with Crippen LogP contribution in [0, 0.1) is 11.6 Å². The van der Waals surface area contributed by atoms with E-state index in [2.05, 4.69) is 5.32 Å². The SMILES string of the molecule is O=C(Cc1cc(F)ccc1F)N1CCCNCC1. The normalized spacial score (nSPS) is 16.4. The van der Waals surface area contributed by atoms with Gasteiger partial charge in [0.1, 0.15) is 11.6 Å². The molecule has 1 heterocycles. The van der Waals surface area contributed by atoms with Crippen LogP contribution in [0.3, 0.4) is 0 Å². The molecule has 1 saturated heterocycles. The molecule has 1 N–H and O–H groups in total. The predicted octanol–water partition coefficient (Wildman–Crippen LogP) is 1.33. The Balaban J connectivity index is 2.03. The van der Waals surface area contributed by atoms with Gasteiger partial charge < -0.3 is 10.2 Å². The van der Waals surface area contributed by atoms with Crippen molar-refractivity contribution in [2.45, 2.75) is 12.8 Å². The molecule has 0 aliphatic carbocycles. The summed E-state index contributed by atoms with van der Waals surface area (Å²) in [5.74, 6) is -1.20. The first-order chi connectivity index (χ1) is 8.66. The van der Waals surface area contributed by atoms with E-state index in [1.807, 2.05) is 0 Å². The summed E-state index contributed by atoms with van der Waals surface area (Å²) in [6.07, 6.45) is 0.807. The monoisotopic (exact) mass is 254 g/mol. The van der Waals surface area contributed by atoms with Crippen LogP contribution in [0.5, 0.6) is 0 Å². The summed E-state index contributed by atoms with van der Waals surface area (Å²) in [7, 11) is 0. The number of benzene rings is 1. The van der Waals surface area contributed by atoms with Crippen molar-refractivity contribution in [1.29, 1.82) is 0 Å². The van der Waals surface area contributed by atoms with Crippen molar-refractivity contribution < 1.29 is 13.6 Å². The van der Waals surface area contributed by atoms with Gasteiger partial charge >= 0.3 is 0 Å². The van der Waals surface area contributed by atoms with Crippen molar-refractivity contribution in [3.8, 4) is 0 Å². The van der Waals surface area contributed by atoms with E-state index in [1.54, 1.807) is 4.90 Å². The van der Waals surface area contributed by atoms with E-state index < -0.39 is 11.6 Å². The molecule has 1 aromatic carbocycles. The van der Waals surface area contributed by atoms with Crippen LogP contribution in [0.15, 0.2) is 18.2 Å². The molecule has 2 rings (SSSR count). The minimum absolute atomic E-state index is 0.0798. The minimum atomic E-state index is -0.530. The number of hydrogen-bond acceptors (Lipinski definition) is 2. The molecule has 0 spiro atoms. The van der Waals surface area contributed by atoms with Crippen LogP contribution in [-0.2, 0) is 11.2 Å². The van der Waals surface area contributed by atoms with Crippen LogP contribution in [-0.4, -0.2) is 37.0 Å². The second-order valence-corrected chi connectivity index (χ2v) is 4.40. The third-order valence-corrected chi connectivity index (χ3v) is 3.04. The first-order valence-electron chi connectivity index (χ1n) is 6.09. The number of hydrogen-bond donors (Lipinski definition) is 1. The molecule has 5 heteroatoms. The molecule has 0 unspecified atom stereocenters. The Morgan fingerprint density at radius 2 is 2.11 bits per heavy atom. The first-order valence-corrected chi connectivity index (χ1v) is 6.09. The van der Waals surface area contributed by atoms with Gasteiger partial charge in [-0.2, -0.15) is 0 Å². The summed E-state index contributed by atoms with van der Waals surface area (Å²) in [6, 6.07) is 3.20. The summed E-state index contributed by atoms with van der Waals surface area (Å²) in [5.41, 5.74) is 0.122. The van der Waals surface area contributed by atoms with Gasteiger partial charge in [0.2, 0.25) is 5.91 Å². The Morgan fingerprint density at radius 1 is 1.28 bits per heavy atom. The number of carbonyl (C=O) groups excluding carboxylic acids is 1. The number of nitrogens with zero attached hydrogens (tertiary/aromatic N) is 1. The van der Waals surface area contributed by atoms with Gasteiger partial charge in [-0.3, -0.25) is 4.79 Å². The van der Waals surface area contributed by atoms with Crippen LogP contribution in [0.2, 0.25) is 0 Å². The van der Waals surface area contributed by atoms with Gasteiger partial charge in [0.15, 0.2) is 0 Å². The Morgan fingerprint density at radius 3 is 2.94 bits per heavy atom. The maximum Gasteiger partial charge on any atom is 0.227 e. The molecule has 0 radical (unpaired) electrons. The summed E-state index contributed by atoms with van der Waals surface area (Å²) in [4.78, 5) is 13.7. The Bertz CT molecular complexity index is 429. The standard InChI is InChI=1S/C13H16F2N2O/c14-11-2-3-12(15)10(8-11)9-13(18)17-6-1-4-16-5-7-17/h2-3,8,16H,1,4-7,9H2. The van der Waals surface area contributed by atoms with Crippen molar-refractivity contribution in [3.05, 3.63) is 35.4 Å². The van der Waals surface area contributed by atoms with E-state index in [9.17, 15) is 13.6 Å². The zero-order valence-electron chi connectivity index (χ0n) is 10.1. The molecular weight excluding hydrogens is 238 g/mol. The number of halogens is 2. The van der Waals surface area contributed by atoms with Crippen LogP contribution < -0.4 is 5.32 Å². The number of amides is 1. The van der Waals surface area contributed by atoms with E-state index in [0.717, 1.165) is 37.7 Å². The van der Waals surface area contributed by atoms with Gasteiger partial charge in [-0.15, -0.1) is 0 Å². The van der Waals surface area contributed by atoms with Crippen molar-refractivity contribution in [1.82, 2.24) is 10.2 Å². The maximum atomic E-state index is 13.4. The molecule has 1 amide bonds. The van der Waals surface area contributed by atoms with Gasteiger partial charge in [0, 0.05) is 25.2 Å². The highest BCUT2D eigenvalue weighted by Gasteiger charge is 2.17. The Labute approximate surface area is 105 Å². The molecule has 98 valence electrons. The highest BCUT2D eigenvalue weighted by Crippen LogP contribution is 2.12. The summed E-state index contributed by atoms with van der Waals surface area (Å²) < 4.78 is 26.4. The molecule has 0 atom stereocenters. The summed E-state index contributed by atoms with van der Waals surface area (Å²) in [6.45, 7) is 2.92. The van der Waals surface area contributed by atoms with E-state index in [4.69, 9.17) is 0 Å². The zero-order valence-corrected chi connectivity index (χ0v) is 10.1. The van der Waals surface area contributed by atoms with Crippen molar-refractivity contribution in [2.75, 3.05) is 26.2 Å². The molecule has 0 bridgehead atoms. The van der Waals surface area contributed by atoms with Crippen molar-refractivity contribution in [3.63, 3.8) is 0 Å². The average molecular weight is 254 g/mol. The molecular formula is C13H16F2N2O. The molecule has 1 aliphatic rings. The number of carbonyl (C=O) groups is 1. The average Bonchev–Trinajstić information content (AvgIpc) is 2.62. The minimum Gasteiger partial charge on any atom is -0.341 e. The molecule has 3 nitrogen and oxygen atoms in total. The quantitative estimate of drug-likeness (QED) is 0.863. The third kappa shape index (κ3) is 3.26. The Hall–Kier alpha value is -1.49. The number of nitrogens with one attached hydrogen (secondary N) is 1. The lowest BCUT2D eigenvalue weighted by Crippen LogP contribution is -2.35. The molecule has 18 heavy (non-hydrogen) atoms. The van der Waals surface area contributed by atoms with Gasteiger partial charge in [0.05, 0.1) is 6.42 Å². The van der Waals surface area contributed by atoms with Crippen LogP contribution in [0.4, 0.5) is 8.78 Å². The topological polar surface area (TPSA) is 32.3 Å². The predicted molar refractivity (Wildman–Crippen MR) is 64.1 cm³/mol. The highest BCUT2D eigenvalue weighted by atomic mass is 19.1. The lowest BCUT2D eigenvalue weighted by molar-refractivity contribution is -0.130. The van der Waals surface area contributed by atoms with Gasteiger partial charge in [0.25, 0.3) is 0 Å². The molecule has 1 aliphatic heterocycles. The van der Waals surface area contributed by atoms with E-state index >= 15 is 0 Å². The summed E-state index contributed by atoms with van der Waals surface area (Å²) >= 11 is 0. The molecule has 0 aromatic heterocycles. The number of rotatable bonds is 2. The fraction of sp³-hybridized carbons (Fsp3) is 0.462. The fourth-order valence-electron chi connectivity index (χ4n) is 2.05. The molecule has 1 aromatic rings. The van der Waals surface area contributed by atoms with Crippen molar-refractivity contribution in [2.24, 2.45) is 0 Å². The Kier molecular flexibility index (Phi) is 4.25.